The molecule has 6 nitrogen and oxygen atoms in total. The van der Waals surface area contributed by atoms with E-state index in [2.05, 4.69) is 10.2 Å². The van der Waals surface area contributed by atoms with Gasteiger partial charge in [0.1, 0.15) is 0 Å². The number of hydrogen-bond acceptors (Lipinski definition) is 7. The summed E-state index contributed by atoms with van der Waals surface area (Å²) in [5.41, 5.74) is 0. The maximum Gasteiger partial charge on any atom is 0.369 e. The van der Waals surface area contributed by atoms with Gasteiger partial charge < -0.3 is 14.2 Å². The van der Waals surface area contributed by atoms with Crippen LogP contribution in [0.3, 0.4) is 0 Å². The summed E-state index contributed by atoms with van der Waals surface area (Å²) in [4.78, 5) is 11.5. The van der Waals surface area contributed by atoms with Gasteiger partial charge >= 0.3 is 5.97 Å². The molecule has 0 amide bonds. The van der Waals surface area contributed by atoms with E-state index in [9.17, 15) is 4.79 Å². The van der Waals surface area contributed by atoms with Crippen LogP contribution >= 0.6 is 11.3 Å². The van der Waals surface area contributed by atoms with Crippen LogP contribution in [0.25, 0.3) is 0 Å². The summed E-state index contributed by atoms with van der Waals surface area (Å²) < 4.78 is 15.9. The van der Waals surface area contributed by atoms with E-state index in [4.69, 9.17) is 14.2 Å². The Morgan fingerprint density at radius 2 is 1.90 bits per heavy atom. The first kappa shape index (κ1) is 14.3. The lowest BCUT2D eigenvalue weighted by Crippen LogP contribution is -2.03. The quantitative estimate of drug-likeness (QED) is 0.763. The number of para-hydroxylation sites is 2. The minimum Gasteiger partial charge on any atom is -0.490 e. The Kier molecular flexibility index (Phi) is 4.89. The third kappa shape index (κ3) is 3.45. The van der Waals surface area contributed by atoms with Crippen molar-refractivity contribution in [1.82, 2.24) is 10.2 Å². The van der Waals surface area contributed by atoms with Gasteiger partial charge in [-0.05, 0) is 37.3 Å². The van der Waals surface area contributed by atoms with E-state index in [-0.39, 0.29) is 10.2 Å². The molecule has 0 saturated carbocycles. The lowest BCUT2D eigenvalue weighted by molar-refractivity contribution is 0.0525. The monoisotopic (exact) mass is 294 g/mol. The van der Waals surface area contributed by atoms with E-state index < -0.39 is 5.97 Å². The molecule has 106 valence electrons. The Morgan fingerprint density at radius 1 is 1.15 bits per heavy atom. The highest BCUT2D eigenvalue weighted by atomic mass is 32.1. The van der Waals surface area contributed by atoms with Gasteiger partial charge in [0.25, 0.3) is 5.19 Å². The minimum atomic E-state index is -0.502. The van der Waals surface area contributed by atoms with E-state index in [1.807, 2.05) is 19.1 Å². The van der Waals surface area contributed by atoms with Crippen LogP contribution in [0.1, 0.15) is 23.6 Å². The lowest BCUT2D eigenvalue weighted by Gasteiger charge is -2.08. The van der Waals surface area contributed by atoms with Crippen LogP contribution in [-0.4, -0.2) is 29.4 Å². The smallest absolute Gasteiger partial charge is 0.369 e. The van der Waals surface area contributed by atoms with Crippen molar-refractivity contribution in [1.29, 1.82) is 0 Å². The van der Waals surface area contributed by atoms with Crippen LogP contribution in [0.4, 0.5) is 0 Å². The number of esters is 1. The number of carbonyl (C=O) groups excluding carboxylic acids is 1. The number of benzene rings is 1. The summed E-state index contributed by atoms with van der Waals surface area (Å²) >= 11 is 1.03. The fourth-order valence-corrected chi connectivity index (χ4v) is 2.03. The Bertz CT molecular complexity index is 585. The van der Waals surface area contributed by atoms with Crippen molar-refractivity contribution >= 4 is 17.3 Å². The normalized spacial score (nSPS) is 10.1. The van der Waals surface area contributed by atoms with Crippen LogP contribution in [0, 0.1) is 0 Å². The standard InChI is InChI=1S/C13H14N2O4S/c1-3-17-9-7-5-6-8-10(9)19-13-15-14-11(20-13)12(16)18-4-2/h5-8H,3-4H2,1-2H3. The second-order valence-electron chi connectivity index (χ2n) is 3.58. The highest BCUT2D eigenvalue weighted by Crippen LogP contribution is 2.32. The van der Waals surface area contributed by atoms with Gasteiger partial charge in [0.15, 0.2) is 11.5 Å². The predicted molar refractivity (Wildman–Crippen MR) is 73.6 cm³/mol. The number of carbonyl (C=O) groups is 1. The van der Waals surface area contributed by atoms with Crippen molar-refractivity contribution < 1.29 is 19.0 Å². The molecular formula is C13H14N2O4S. The second kappa shape index (κ2) is 6.85. The number of hydrogen-bond donors (Lipinski definition) is 0. The Labute approximate surface area is 120 Å². The molecular weight excluding hydrogens is 280 g/mol. The van der Waals surface area contributed by atoms with Crippen molar-refractivity contribution in [2.45, 2.75) is 13.8 Å². The van der Waals surface area contributed by atoms with Gasteiger partial charge in [0.05, 0.1) is 13.2 Å². The largest absolute Gasteiger partial charge is 0.490 e. The third-order valence-electron chi connectivity index (χ3n) is 2.20. The van der Waals surface area contributed by atoms with Crippen LogP contribution in [0.15, 0.2) is 24.3 Å². The summed E-state index contributed by atoms with van der Waals surface area (Å²) in [5, 5.41) is 7.97. The second-order valence-corrected chi connectivity index (χ2v) is 4.52. The summed E-state index contributed by atoms with van der Waals surface area (Å²) in [7, 11) is 0. The number of rotatable bonds is 6. The molecule has 0 fully saturated rings. The maximum absolute atomic E-state index is 11.5. The van der Waals surface area contributed by atoms with Gasteiger partial charge in [0.2, 0.25) is 5.01 Å². The van der Waals surface area contributed by atoms with Gasteiger partial charge in [0, 0.05) is 0 Å². The molecule has 1 heterocycles. The van der Waals surface area contributed by atoms with Crippen LogP contribution in [0.2, 0.25) is 0 Å². The number of nitrogens with zero attached hydrogens (tertiary/aromatic N) is 2. The van der Waals surface area contributed by atoms with Crippen molar-refractivity contribution in [2.75, 3.05) is 13.2 Å². The maximum atomic E-state index is 11.5. The summed E-state index contributed by atoms with van der Waals surface area (Å²) in [5.74, 6) is 0.640. The van der Waals surface area contributed by atoms with Gasteiger partial charge in [-0.3, -0.25) is 0 Å². The molecule has 2 rings (SSSR count). The van der Waals surface area contributed by atoms with Gasteiger partial charge in [-0.15, -0.1) is 5.10 Å². The number of aromatic nitrogens is 2. The van der Waals surface area contributed by atoms with E-state index in [1.165, 1.54) is 0 Å². The molecule has 0 radical (unpaired) electrons. The van der Waals surface area contributed by atoms with Crippen LogP contribution in [-0.2, 0) is 4.74 Å². The van der Waals surface area contributed by atoms with Crippen LogP contribution < -0.4 is 9.47 Å². The summed E-state index contributed by atoms with van der Waals surface area (Å²) in [6, 6.07) is 7.23. The summed E-state index contributed by atoms with van der Waals surface area (Å²) in [6.45, 7) is 4.45. The van der Waals surface area contributed by atoms with E-state index >= 15 is 0 Å². The molecule has 1 aromatic carbocycles. The Hall–Kier alpha value is -2.15. The lowest BCUT2D eigenvalue weighted by atomic mass is 10.3. The third-order valence-corrected chi connectivity index (χ3v) is 2.98. The minimum absolute atomic E-state index is 0.163. The van der Waals surface area contributed by atoms with Crippen molar-refractivity contribution in [3.8, 4) is 16.7 Å². The van der Waals surface area contributed by atoms with Crippen molar-refractivity contribution in [3.05, 3.63) is 29.3 Å². The Morgan fingerprint density at radius 3 is 2.60 bits per heavy atom. The Balaban J connectivity index is 2.12. The molecule has 0 bridgehead atoms. The average molecular weight is 294 g/mol. The van der Waals surface area contributed by atoms with Crippen molar-refractivity contribution in [3.63, 3.8) is 0 Å². The summed E-state index contributed by atoms with van der Waals surface area (Å²) in [6.07, 6.45) is 0. The molecule has 0 saturated heterocycles. The first-order valence-electron chi connectivity index (χ1n) is 6.14. The molecule has 0 unspecified atom stereocenters. The van der Waals surface area contributed by atoms with Gasteiger partial charge in [-0.1, -0.05) is 17.2 Å². The zero-order chi connectivity index (χ0) is 14.4. The number of ether oxygens (including phenoxy) is 3. The van der Waals surface area contributed by atoms with Crippen LogP contribution in [0.5, 0.6) is 16.7 Å². The van der Waals surface area contributed by atoms with E-state index in [1.54, 1.807) is 19.1 Å². The molecule has 1 aromatic heterocycles. The SMILES string of the molecule is CCOC(=O)c1nnc(Oc2ccccc2OCC)s1. The van der Waals surface area contributed by atoms with E-state index in [0.717, 1.165) is 11.3 Å². The molecule has 0 atom stereocenters. The van der Waals surface area contributed by atoms with Crippen molar-refractivity contribution in [2.24, 2.45) is 0 Å². The molecule has 0 spiro atoms. The average Bonchev–Trinajstić information content (AvgIpc) is 2.90. The highest BCUT2D eigenvalue weighted by Gasteiger charge is 2.16. The zero-order valence-electron chi connectivity index (χ0n) is 11.2. The van der Waals surface area contributed by atoms with Gasteiger partial charge in [-0.2, -0.15) is 0 Å². The van der Waals surface area contributed by atoms with Gasteiger partial charge in [-0.25, -0.2) is 4.79 Å². The molecule has 7 heteroatoms. The molecule has 0 aliphatic rings. The first-order chi connectivity index (χ1) is 9.74. The molecule has 2 aromatic rings. The molecule has 0 aliphatic carbocycles. The molecule has 20 heavy (non-hydrogen) atoms. The highest BCUT2D eigenvalue weighted by molar-refractivity contribution is 7.14. The molecule has 0 aliphatic heterocycles. The zero-order valence-corrected chi connectivity index (χ0v) is 12.0. The molecule has 0 N–H and O–H groups in total. The fraction of sp³-hybridized carbons (Fsp3) is 0.308. The predicted octanol–water partition coefficient (Wildman–Crippen LogP) is 2.91. The fourth-order valence-electron chi connectivity index (χ4n) is 1.43. The van der Waals surface area contributed by atoms with E-state index in [0.29, 0.717) is 24.7 Å². The topological polar surface area (TPSA) is 70.5 Å². The first-order valence-corrected chi connectivity index (χ1v) is 6.96.